The summed E-state index contributed by atoms with van der Waals surface area (Å²) in [5.41, 5.74) is 3.41. The standard InChI is InChI=1S/C27H30FN3O3S/c1-5-19-12-11-18(14-20(19)16-31(4)22(9-7-13-32)26(33)29-3)15-30-27(34)25-17(2)24-21(28)8-6-10-23(24)35-25/h5-6,8,10-14,22H,1,7,9,15-16H2,2-4H3,(H,29,33)(H,30,34). The van der Waals surface area contributed by atoms with Crippen LogP contribution in [-0.2, 0) is 22.7 Å². The summed E-state index contributed by atoms with van der Waals surface area (Å²) in [6.45, 7) is 6.41. The third-order valence-electron chi connectivity index (χ3n) is 6.05. The number of rotatable bonds is 11. The van der Waals surface area contributed by atoms with E-state index >= 15 is 0 Å². The monoisotopic (exact) mass is 495 g/mol. The second kappa shape index (κ2) is 11.9. The van der Waals surface area contributed by atoms with Gasteiger partial charge in [-0.3, -0.25) is 14.5 Å². The molecule has 1 atom stereocenters. The van der Waals surface area contributed by atoms with Crippen molar-refractivity contribution in [1.82, 2.24) is 15.5 Å². The maximum absolute atomic E-state index is 14.2. The number of hydrogen-bond acceptors (Lipinski definition) is 5. The van der Waals surface area contributed by atoms with Crippen LogP contribution in [0.2, 0.25) is 0 Å². The summed E-state index contributed by atoms with van der Waals surface area (Å²) in [4.78, 5) is 38.5. The summed E-state index contributed by atoms with van der Waals surface area (Å²) in [6.07, 6.45) is 3.29. The average molecular weight is 496 g/mol. The minimum Gasteiger partial charge on any atom is -0.358 e. The van der Waals surface area contributed by atoms with E-state index in [1.807, 2.05) is 36.2 Å². The number of likely N-dealkylation sites (N-methyl/N-ethyl adjacent to an activating group) is 2. The van der Waals surface area contributed by atoms with Crippen molar-refractivity contribution in [3.05, 3.63) is 75.9 Å². The highest BCUT2D eigenvalue weighted by Gasteiger charge is 2.23. The Hall–Kier alpha value is -3.36. The van der Waals surface area contributed by atoms with Gasteiger partial charge in [-0.15, -0.1) is 11.3 Å². The number of nitrogens with zero attached hydrogens (tertiary/aromatic N) is 1. The molecule has 0 aliphatic heterocycles. The van der Waals surface area contributed by atoms with E-state index in [-0.39, 0.29) is 17.6 Å². The predicted molar refractivity (Wildman–Crippen MR) is 139 cm³/mol. The fourth-order valence-corrected chi connectivity index (χ4v) is 5.30. The Labute approximate surface area is 208 Å². The summed E-state index contributed by atoms with van der Waals surface area (Å²) in [7, 11) is 3.42. The second-order valence-corrected chi connectivity index (χ2v) is 9.43. The molecule has 35 heavy (non-hydrogen) atoms. The van der Waals surface area contributed by atoms with Gasteiger partial charge in [-0.05, 0) is 54.8 Å². The highest BCUT2D eigenvalue weighted by Crippen LogP contribution is 2.32. The van der Waals surface area contributed by atoms with Crippen molar-refractivity contribution >= 4 is 45.6 Å². The zero-order valence-electron chi connectivity index (χ0n) is 20.2. The van der Waals surface area contributed by atoms with Gasteiger partial charge in [0, 0.05) is 36.6 Å². The van der Waals surface area contributed by atoms with Gasteiger partial charge in [-0.1, -0.05) is 36.9 Å². The van der Waals surface area contributed by atoms with Crippen LogP contribution in [0.15, 0.2) is 43.0 Å². The van der Waals surface area contributed by atoms with E-state index in [1.165, 1.54) is 17.4 Å². The van der Waals surface area contributed by atoms with Crippen LogP contribution in [-0.4, -0.2) is 43.1 Å². The van der Waals surface area contributed by atoms with Gasteiger partial charge in [-0.25, -0.2) is 4.39 Å². The molecule has 6 nitrogen and oxygen atoms in total. The fraction of sp³-hybridized carbons (Fsp3) is 0.296. The van der Waals surface area contributed by atoms with Crippen molar-refractivity contribution in [3.63, 3.8) is 0 Å². The van der Waals surface area contributed by atoms with Gasteiger partial charge in [0.2, 0.25) is 5.91 Å². The number of benzene rings is 2. The molecular weight excluding hydrogens is 465 g/mol. The number of aryl methyl sites for hydroxylation is 1. The van der Waals surface area contributed by atoms with E-state index < -0.39 is 6.04 Å². The first-order valence-corrected chi connectivity index (χ1v) is 12.2. The van der Waals surface area contributed by atoms with Crippen LogP contribution in [0.1, 0.15) is 44.8 Å². The van der Waals surface area contributed by atoms with Gasteiger partial charge in [0.05, 0.1) is 10.9 Å². The lowest BCUT2D eigenvalue weighted by atomic mass is 10.0. The molecule has 1 unspecified atom stereocenters. The lowest BCUT2D eigenvalue weighted by molar-refractivity contribution is -0.126. The number of halogens is 1. The van der Waals surface area contributed by atoms with E-state index in [1.54, 1.807) is 26.1 Å². The Morgan fingerprint density at radius 2 is 2.03 bits per heavy atom. The number of hydrogen-bond donors (Lipinski definition) is 2. The number of carbonyl (C=O) groups excluding carboxylic acids is 3. The van der Waals surface area contributed by atoms with Crippen LogP contribution >= 0.6 is 11.3 Å². The molecule has 1 aromatic heterocycles. The van der Waals surface area contributed by atoms with E-state index in [2.05, 4.69) is 17.2 Å². The Balaban J connectivity index is 1.76. The third kappa shape index (κ3) is 6.01. The van der Waals surface area contributed by atoms with E-state index in [4.69, 9.17) is 0 Å². The summed E-state index contributed by atoms with van der Waals surface area (Å²) in [5.74, 6) is -0.719. The molecule has 0 spiro atoms. The highest BCUT2D eigenvalue weighted by molar-refractivity contribution is 7.21. The molecule has 184 valence electrons. The molecule has 3 rings (SSSR count). The third-order valence-corrected chi connectivity index (χ3v) is 7.30. The smallest absolute Gasteiger partial charge is 0.261 e. The van der Waals surface area contributed by atoms with Crippen LogP contribution in [0, 0.1) is 12.7 Å². The average Bonchev–Trinajstić information content (AvgIpc) is 3.20. The summed E-state index contributed by atoms with van der Waals surface area (Å²) in [5, 5.41) is 6.09. The zero-order valence-corrected chi connectivity index (χ0v) is 21.0. The van der Waals surface area contributed by atoms with Crippen LogP contribution in [0.25, 0.3) is 16.2 Å². The number of fused-ring (bicyclic) bond motifs is 1. The molecule has 3 aromatic rings. The number of aldehydes is 1. The number of thiophene rings is 1. The van der Waals surface area contributed by atoms with Crippen molar-refractivity contribution in [1.29, 1.82) is 0 Å². The maximum atomic E-state index is 14.2. The largest absolute Gasteiger partial charge is 0.358 e. The molecule has 2 N–H and O–H groups in total. The van der Waals surface area contributed by atoms with Gasteiger partial charge < -0.3 is 15.4 Å². The SMILES string of the molecule is C=Cc1ccc(CNC(=O)c2sc3cccc(F)c3c2C)cc1CN(C)C(CCC=O)C(=O)NC. The molecule has 0 aliphatic carbocycles. The quantitative estimate of drug-likeness (QED) is 0.386. The predicted octanol–water partition coefficient (Wildman–Crippen LogP) is 4.45. The van der Waals surface area contributed by atoms with Gasteiger partial charge in [0.15, 0.2) is 0 Å². The Kier molecular flexibility index (Phi) is 8.89. The van der Waals surface area contributed by atoms with Crippen molar-refractivity contribution < 1.29 is 18.8 Å². The van der Waals surface area contributed by atoms with E-state index in [0.717, 1.165) is 27.7 Å². The lowest BCUT2D eigenvalue weighted by Gasteiger charge is -2.27. The van der Waals surface area contributed by atoms with Gasteiger partial charge in [0.25, 0.3) is 5.91 Å². The van der Waals surface area contributed by atoms with Crippen LogP contribution in [0.4, 0.5) is 4.39 Å². The Morgan fingerprint density at radius 3 is 2.69 bits per heavy atom. The van der Waals surface area contributed by atoms with Gasteiger partial charge in [0.1, 0.15) is 12.1 Å². The molecule has 8 heteroatoms. The van der Waals surface area contributed by atoms with Crippen molar-refractivity contribution in [2.45, 2.75) is 38.9 Å². The summed E-state index contributed by atoms with van der Waals surface area (Å²) in [6, 6.07) is 10.2. The minimum atomic E-state index is -0.442. The van der Waals surface area contributed by atoms with Crippen molar-refractivity contribution in [3.8, 4) is 0 Å². The zero-order chi connectivity index (χ0) is 25.5. The number of amides is 2. The number of nitrogens with one attached hydrogen (secondary N) is 2. The molecule has 0 saturated heterocycles. The van der Waals surface area contributed by atoms with Crippen molar-refractivity contribution in [2.24, 2.45) is 0 Å². The number of carbonyl (C=O) groups is 3. The molecule has 0 aliphatic rings. The van der Waals surface area contributed by atoms with Crippen molar-refractivity contribution in [2.75, 3.05) is 14.1 Å². The van der Waals surface area contributed by atoms with Gasteiger partial charge in [-0.2, -0.15) is 0 Å². The van der Waals surface area contributed by atoms with E-state index in [0.29, 0.717) is 41.8 Å². The summed E-state index contributed by atoms with van der Waals surface area (Å²) >= 11 is 1.28. The Bertz CT molecular complexity index is 1250. The first kappa shape index (κ1) is 26.2. The second-order valence-electron chi connectivity index (χ2n) is 8.38. The van der Waals surface area contributed by atoms with Crippen LogP contribution in [0.3, 0.4) is 0 Å². The normalized spacial score (nSPS) is 11.9. The Morgan fingerprint density at radius 1 is 1.26 bits per heavy atom. The fourth-order valence-electron chi connectivity index (χ4n) is 4.16. The molecule has 0 radical (unpaired) electrons. The molecule has 2 aromatic carbocycles. The molecule has 0 saturated carbocycles. The topological polar surface area (TPSA) is 78.5 Å². The molecule has 1 heterocycles. The van der Waals surface area contributed by atoms with E-state index in [9.17, 15) is 18.8 Å². The first-order valence-electron chi connectivity index (χ1n) is 11.4. The first-order chi connectivity index (χ1) is 16.8. The molecule has 0 bridgehead atoms. The van der Waals surface area contributed by atoms with Gasteiger partial charge >= 0.3 is 0 Å². The molecular formula is C27H30FN3O3S. The maximum Gasteiger partial charge on any atom is 0.261 e. The highest BCUT2D eigenvalue weighted by atomic mass is 32.1. The summed E-state index contributed by atoms with van der Waals surface area (Å²) < 4.78 is 15.0. The molecule has 2 amide bonds. The molecule has 0 fully saturated rings. The van der Waals surface area contributed by atoms with Crippen LogP contribution < -0.4 is 10.6 Å². The van der Waals surface area contributed by atoms with Crippen LogP contribution in [0.5, 0.6) is 0 Å². The lowest BCUT2D eigenvalue weighted by Crippen LogP contribution is -2.43. The minimum absolute atomic E-state index is 0.145.